The van der Waals surface area contributed by atoms with Crippen LogP contribution in [0.15, 0.2) is 54.9 Å². The third-order valence-corrected chi connectivity index (χ3v) is 8.39. The highest BCUT2D eigenvalue weighted by atomic mass is 35.5. The van der Waals surface area contributed by atoms with Crippen LogP contribution in [0.4, 0.5) is 5.69 Å². The molecular formula is C34H42ClN5O6. The van der Waals surface area contributed by atoms with E-state index < -0.39 is 6.04 Å². The highest BCUT2D eigenvalue weighted by Gasteiger charge is 2.41. The van der Waals surface area contributed by atoms with Crippen LogP contribution in [-0.4, -0.2) is 85.9 Å². The number of carbonyl (C=O) groups excluding carboxylic acids is 2. The number of halogens is 1. The van der Waals surface area contributed by atoms with Crippen molar-refractivity contribution in [2.75, 3.05) is 52.0 Å². The van der Waals surface area contributed by atoms with Gasteiger partial charge in [-0.05, 0) is 48.9 Å². The third kappa shape index (κ3) is 8.94. The fourth-order valence-electron chi connectivity index (χ4n) is 5.50. The van der Waals surface area contributed by atoms with Gasteiger partial charge in [-0.1, -0.05) is 41.9 Å². The minimum absolute atomic E-state index is 0.116. The third-order valence-electron chi connectivity index (χ3n) is 8.02. The molecule has 5 rings (SSSR count). The second-order valence-corrected chi connectivity index (χ2v) is 11.8. The molecule has 1 saturated heterocycles. The van der Waals surface area contributed by atoms with Crippen molar-refractivity contribution in [3.05, 3.63) is 76.6 Å². The number of amides is 2. The normalized spacial score (nSPS) is 16.4. The van der Waals surface area contributed by atoms with Gasteiger partial charge < -0.3 is 29.2 Å². The number of anilines is 1. The molecule has 2 aliphatic rings. The number of aromatic nitrogens is 2. The van der Waals surface area contributed by atoms with E-state index in [9.17, 15) is 9.59 Å². The summed E-state index contributed by atoms with van der Waals surface area (Å²) in [6, 6.07) is 13.3. The maximum Gasteiger partial charge on any atom is 0.316 e. The summed E-state index contributed by atoms with van der Waals surface area (Å²) in [5.41, 5.74) is 3.48. The number of nitrogens with one attached hydrogen (secondary N) is 1. The van der Waals surface area contributed by atoms with Crippen LogP contribution in [0.3, 0.4) is 0 Å². The summed E-state index contributed by atoms with van der Waals surface area (Å²) in [5.74, 6) is 0.448. The van der Waals surface area contributed by atoms with Crippen LogP contribution in [0.2, 0.25) is 5.02 Å². The van der Waals surface area contributed by atoms with Crippen LogP contribution in [-0.2, 0) is 38.6 Å². The van der Waals surface area contributed by atoms with Crippen molar-refractivity contribution < 1.29 is 28.5 Å². The van der Waals surface area contributed by atoms with Gasteiger partial charge in [0, 0.05) is 49.9 Å². The van der Waals surface area contributed by atoms with Gasteiger partial charge in [0.15, 0.2) is 0 Å². The Morgan fingerprint density at radius 1 is 1.04 bits per heavy atom. The lowest BCUT2D eigenvalue weighted by atomic mass is 10.0. The Labute approximate surface area is 275 Å². The summed E-state index contributed by atoms with van der Waals surface area (Å²) in [6.45, 7) is 2.81. The molecule has 1 N–H and O–H groups in total. The number of nitrogens with zero attached hydrogens (tertiary/aromatic N) is 4. The summed E-state index contributed by atoms with van der Waals surface area (Å²) in [4.78, 5) is 39.3. The lowest BCUT2D eigenvalue weighted by Gasteiger charge is -2.38. The number of methoxy groups -OCH3 is 2. The molecule has 0 unspecified atom stereocenters. The van der Waals surface area contributed by atoms with Crippen molar-refractivity contribution in [3.63, 3.8) is 0 Å². The average Bonchev–Trinajstić information content (AvgIpc) is 3.92. The Bertz CT molecular complexity index is 1450. The minimum Gasteiger partial charge on any atom is -0.496 e. The van der Waals surface area contributed by atoms with Gasteiger partial charge in [0.25, 0.3) is 0 Å². The molecule has 1 aliphatic heterocycles. The molecule has 1 aliphatic carbocycles. The zero-order chi connectivity index (χ0) is 32.3. The molecule has 2 amide bonds. The van der Waals surface area contributed by atoms with Crippen LogP contribution < -0.4 is 19.7 Å². The monoisotopic (exact) mass is 651 g/mol. The molecule has 0 bridgehead atoms. The van der Waals surface area contributed by atoms with Gasteiger partial charge >= 0.3 is 6.01 Å². The number of hydrogen-bond acceptors (Lipinski definition) is 9. The van der Waals surface area contributed by atoms with Gasteiger partial charge in [0.05, 0.1) is 51.6 Å². The standard InChI is InChI=1S/C34H42ClN5O6/c1-43-14-5-7-24-10-13-29(35)26(17-24)22-39(27-11-12-27)33(42)30-20-36-21-32(41)40(30)28-18-37-34(38-19-28)46-16-6-15-45-23-25-8-3-4-9-31(25)44-2/h3-4,8-10,13,17-19,27,30,36H,5-7,11-12,14-16,20-23H2,1-2H3/t30-/m1/s1. The number of para-hydroxylation sites is 1. The summed E-state index contributed by atoms with van der Waals surface area (Å²) >= 11 is 6.60. The van der Waals surface area contributed by atoms with E-state index in [1.54, 1.807) is 14.2 Å². The van der Waals surface area contributed by atoms with Crippen molar-refractivity contribution in [2.45, 2.75) is 57.3 Å². The number of benzene rings is 2. The van der Waals surface area contributed by atoms with Crippen molar-refractivity contribution in [2.24, 2.45) is 0 Å². The van der Waals surface area contributed by atoms with Crippen molar-refractivity contribution in [1.29, 1.82) is 0 Å². The minimum atomic E-state index is -0.735. The van der Waals surface area contributed by atoms with Crippen molar-refractivity contribution in [1.82, 2.24) is 20.2 Å². The van der Waals surface area contributed by atoms with Gasteiger partial charge in [0.2, 0.25) is 11.8 Å². The molecule has 46 heavy (non-hydrogen) atoms. The molecule has 1 aromatic heterocycles. The molecular weight excluding hydrogens is 610 g/mol. The van der Waals surface area contributed by atoms with Crippen LogP contribution in [0.25, 0.3) is 0 Å². The van der Waals surface area contributed by atoms with Crippen molar-refractivity contribution in [3.8, 4) is 11.8 Å². The van der Waals surface area contributed by atoms with Gasteiger partial charge in [-0.25, -0.2) is 9.97 Å². The molecule has 12 heteroatoms. The molecule has 11 nitrogen and oxygen atoms in total. The van der Waals surface area contributed by atoms with Gasteiger partial charge in [0.1, 0.15) is 11.8 Å². The zero-order valence-electron chi connectivity index (χ0n) is 26.5. The first kappa shape index (κ1) is 33.6. The average molecular weight is 652 g/mol. The van der Waals surface area contributed by atoms with E-state index in [1.807, 2.05) is 41.3 Å². The van der Waals surface area contributed by atoms with E-state index in [0.29, 0.717) is 56.6 Å². The smallest absolute Gasteiger partial charge is 0.316 e. The summed E-state index contributed by atoms with van der Waals surface area (Å²) in [7, 11) is 3.33. The lowest BCUT2D eigenvalue weighted by Crippen LogP contribution is -2.61. The largest absolute Gasteiger partial charge is 0.496 e. The topological polar surface area (TPSA) is 115 Å². The van der Waals surface area contributed by atoms with Gasteiger partial charge in [-0.15, -0.1) is 0 Å². The highest BCUT2D eigenvalue weighted by Crippen LogP contribution is 2.32. The fourth-order valence-corrected chi connectivity index (χ4v) is 5.68. The number of aryl methyl sites for hydroxylation is 1. The second kappa shape index (κ2) is 16.7. The first-order valence-electron chi connectivity index (χ1n) is 15.7. The van der Waals surface area contributed by atoms with Crippen LogP contribution in [0.1, 0.15) is 42.4 Å². The van der Waals surface area contributed by atoms with Crippen molar-refractivity contribution >= 4 is 29.1 Å². The SMILES string of the molecule is COCCCc1ccc(Cl)c(CN(C(=O)[C@H]2CNCC(=O)N2c2cnc(OCCCOCc3ccccc3OC)nc2)C2CC2)c1. The van der Waals surface area contributed by atoms with Crippen LogP contribution in [0.5, 0.6) is 11.8 Å². The maximum absolute atomic E-state index is 14.1. The van der Waals surface area contributed by atoms with Crippen LogP contribution >= 0.6 is 11.6 Å². The molecule has 1 saturated carbocycles. The fraction of sp³-hybridized carbons (Fsp3) is 0.471. The summed E-state index contributed by atoms with van der Waals surface area (Å²) < 4.78 is 22.0. The molecule has 0 radical (unpaired) electrons. The van der Waals surface area contributed by atoms with Gasteiger partial charge in [-0.3, -0.25) is 14.5 Å². The number of ether oxygens (including phenoxy) is 4. The number of hydrogen-bond donors (Lipinski definition) is 1. The predicted molar refractivity (Wildman–Crippen MR) is 174 cm³/mol. The Hall–Kier alpha value is -3.77. The lowest BCUT2D eigenvalue weighted by molar-refractivity contribution is -0.136. The van der Waals surface area contributed by atoms with E-state index in [4.69, 9.17) is 30.5 Å². The Morgan fingerprint density at radius 3 is 2.61 bits per heavy atom. The van der Waals surface area contributed by atoms with E-state index >= 15 is 0 Å². The first-order valence-corrected chi connectivity index (χ1v) is 16.1. The molecule has 0 spiro atoms. The Kier molecular flexibility index (Phi) is 12.2. The second-order valence-electron chi connectivity index (χ2n) is 11.4. The van der Waals surface area contributed by atoms with Gasteiger partial charge in [-0.2, -0.15) is 0 Å². The highest BCUT2D eigenvalue weighted by molar-refractivity contribution is 6.31. The molecule has 2 fully saturated rings. The Balaban J connectivity index is 1.18. The van der Waals surface area contributed by atoms with E-state index in [-0.39, 0.29) is 30.4 Å². The first-order chi connectivity index (χ1) is 22.5. The molecule has 246 valence electrons. The van der Waals surface area contributed by atoms with Crippen LogP contribution in [0, 0.1) is 0 Å². The number of piperazine rings is 1. The Morgan fingerprint density at radius 2 is 1.85 bits per heavy atom. The van der Waals surface area contributed by atoms with E-state index in [2.05, 4.69) is 21.4 Å². The quantitative estimate of drug-likeness (QED) is 0.215. The summed E-state index contributed by atoms with van der Waals surface area (Å²) in [5, 5.41) is 3.73. The van der Waals surface area contributed by atoms with E-state index in [1.165, 1.54) is 17.3 Å². The predicted octanol–water partition coefficient (Wildman–Crippen LogP) is 4.20. The molecule has 3 aromatic rings. The molecule has 2 aromatic carbocycles. The zero-order valence-corrected chi connectivity index (χ0v) is 27.2. The molecule has 2 heterocycles. The summed E-state index contributed by atoms with van der Waals surface area (Å²) in [6.07, 6.45) is 7.32. The number of carbonyl (C=O) groups is 2. The number of rotatable bonds is 17. The maximum atomic E-state index is 14.1. The van der Waals surface area contributed by atoms with E-state index in [0.717, 1.165) is 48.1 Å². The molecule has 1 atom stereocenters.